The summed E-state index contributed by atoms with van der Waals surface area (Å²) in [6.45, 7) is 3.10. The van der Waals surface area contributed by atoms with Gasteiger partial charge in [0.2, 0.25) is 0 Å². The number of rotatable bonds is 2. The van der Waals surface area contributed by atoms with Crippen molar-refractivity contribution in [3.8, 4) is 0 Å². The topological polar surface area (TPSA) is 40.3 Å². The van der Waals surface area contributed by atoms with Gasteiger partial charge < -0.3 is 0 Å². The van der Waals surface area contributed by atoms with Crippen LogP contribution >= 0.6 is 0 Å². The van der Waals surface area contributed by atoms with Gasteiger partial charge in [0.15, 0.2) is 0 Å². The van der Waals surface area contributed by atoms with Gasteiger partial charge in [-0.2, -0.15) is 0 Å². The Bertz CT molecular complexity index is 75.0. The molecular weight excluding hydrogens is 92.1 g/mol. The molecule has 0 aliphatic rings. The van der Waals surface area contributed by atoms with Gasteiger partial charge in [0.1, 0.15) is 0 Å². The van der Waals surface area contributed by atoms with Crippen LogP contribution in [-0.4, -0.2) is 25.8 Å². The second kappa shape index (κ2) is 3.27. The van der Waals surface area contributed by atoms with E-state index in [1.54, 1.807) is 14.1 Å². The number of hydrogen-bond acceptors (Lipinski definition) is 2. The molecule has 7 heavy (non-hydrogen) atoms. The highest BCUT2D eigenvalue weighted by Gasteiger charge is 1.70. The molecule has 0 aliphatic carbocycles. The number of hydrogen-bond donors (Lipinski definition) is 0. The third-order valence-corrected chi connectivity index (χ3v) is 0.282. The second-order valence-electron chi connectivity index (χ2n) is 1.17. The maximum absolute atomic E-state index is 3.47. The van der Waals surface area contributed by atoms with Gasteiger partial charge in [0, 0.05) is 20.8 Å². The predicted molar refractivity (Wildman–Crippen MR) is 28.1 cm³/mol. The molecule has 0 radical (unpaired) electrons. The van der Waals surface area contributed by atoms with E-state index in [4.69, 9.17) is 0 Å². The highest BCUT2D eigenvalue weighted by atomic mass is 15.6. The third kappa shape index (κ3) is 5.07. The molecule has 0 saturated carbocycles. The maximum Gasteiger partial charge on any atom is 0.0262 e. The van der Waals surface area contributed by atoms with E-state index in [0.717, 1.165) is 0 Å². The average Bonchev–Trinajstić information content (AvgIpc) is 1.61. The van der Waals surface area contributed by atoms with Crippen LogP contribution in [-0.2, 0) is 0 Å². The lowest BCUT2D eigenvalue weighted by atomic mass is 11.2. The van der Waals surface area contributed by atoms with Crippen molar-refractivity contribution in [2.75, 3.05) is 14.1 Å². The van der Waals surface area contributed by atoms with Crippen molar-refractivity contribution >= 4 is 6.72 Å². The Morgan fingerprint density at radius 3 is 2.14 bits per heavy atom. The second-order valence-corrected chi connectivity index (χ2v) is 1.17. The van der Waals surface area contributed by atoms with Crippen molar-refractivity contribution in [2.45, 2.75) is 0 Å². The first-order valence-electron chi connectivity index (χ1n) is 1.81. The standard InChI is InChI=1S/C3H8N4/c1-4-5-6-7(2)3/h1H2,2-3H3/b6-5-. The molecule has 0 N–H and O–H groups in total. The molecule has 0 bridgehead atoms. The first-order valence-corrected chi connectivity index (χ1v) is 1.81. The van der Waals surface area contributed by atoms with E-state index < -0.39 is 0 Å². The van der Waals surface area contributed by atoms with Crippen molar-refractivity contribution in [1.29, 1.82) is 0 Å². The molecule has 0 amide bonds. The summed E-state index contributed by atoms with van der Waals surface area (Å²) in [5, 5.41) is 11.4. The zero-order chi connectivity index (χ0) is 5.70. The Kier molecular flexibility index (Phi) is 2.83. The fourth-order valence-corrected chi connectivity index (χ4v) is 0.108. The Balaban J connectivity index is 3.25. The minimum Gasteiger partial charge on any atom is -0.283 e. The molecule has 0 saturated heterocycles. The van der Waals surface area contributed by atoms with Gasteiger partial charge in [-0.05, 0) is 5.22 Å². The van der Waals surface area contributed by atoms with Crippen LogP contribution in [0, 0.1) is 0 Å². The molecule has 0 spiro atoms. The lowest BCUT2D eigenvalue weighted by Gasteiger charge is -1.95. The molecule has 0 aromatic carbocycles. The van der Waals surface area contributed by atoms with Gasteiger partial charge in [-0.15, -0.1) is 5.10 Å². The average molecular weight is 100 g/mol. The molecule has 0 rings (SSSR count). The molecule has 0 aromatic heterocycles. The predicted octanol–water partition coefficient (Wildman–Crippen LogP) is 0.531. The molecule has 0 unspecified atom stereocenters. The molecular formula is C3H8N4. The van der Waals surface area contributed by atoms with Gasteiger partial charge in [0.05, 0.1) is 0 Å². The summed E-state index contributed by atoms with van der Waals surface area (Å²) in [5.74, 6) is 0. The molecule has 4 heteroatoms. The van der Waals surface area contributed by atoms with Crippen LogP contribution in [0.4, 0.5) is 0 Å². The Morgan fingerprint density at radius 1 is 1.43 bits per heavy atom. The van der Waals surface area contributed by atoms with E-state index in [9.17, 15) is 0 Å². The molecule has 0 heterocycles. The Hall–Kier alpha value is -0.930. The van der Waals surface area contributed by atoms with Crippen LogP contribution < -0.4 is 0 Å². The first-order chi connectivity index (χ1) is 3.27. The van der Waals surface area contributed by atoms with Crippen molar-refractivity contribution in [3.05, 3.63) is 0 Å². The summed E-state index contributed by atoms with van der Waals surface area (Å²) in [5.41, 5.74) is 0. The van der Waals surface area contributed by atoms with E-state index in [-0.39, 0.29) is 0 Å². The molecule has 4 nitrogen and oxygen atoms in total. The monoisotopic (exact) mass is 100 g/mol. The van der Waals surface area contributed by atoms with Gasteiger partial charge >= 0.3 is 0 Å². The van der Waals surface area contributed by atoms with E-state index in [1.807, 2.05) is 0 Å². The van der Waals surface area contributed by atoms with Gasteiger partial charge in [-0.25, -0.2) is 0 Å². The fourth-order valence-electron chi connectivity index (χ4n) is 0.108. The van der Waals surface area contributed by atoms with Crippen LogP contribution in [0.2, 0.25) is 0 Å². The van der Waals surface area contributed by atoms with Crippen molar-refractivity contribution in [2.24, 2.45) is 15.5 Å². The van der Waals surface area contributed by atoms with E-state index in [2.05, 4.69) is 22.3 Å². The quantitative estimate of drug-likeness (QED) is 0.283. The minimum atomic E-state index is 1.54. The molecule has 40 valence electrons. The summed E-state index contributed by atoms with van der Waals surface area (Å²) in [7, 11) is 3.52. The highest BCUT2D eigenvalue weighted by molar-refractivity contribution is 5.22. The molecule has 0 aromatic rings. The number of nitrogens with zero attached hydrogens (tertiary/aromatic N) is 4. The summed E-state index contributed by atoms with van der Waals surface area (Å²) >= 11 is 0. The van der Waals surface area contributed by atoms with Gasteiger partial charge in [-0.3, -0.25) is 5.01 Å². The summed E-state index contributed by atoms with van der Waals surface area (Å²) < 4.78 is 0. The third-order valence-electron chi connectivity index (χ3n) is 0.282. The van der Waals surface area contributed by atoms with Gasteiger partial charge in [0.25, 0.3) is 0 Å². The normalized spacial score (nSPS) is 9.43. The minimum absolute atomic E-state index is 1.54. The molecule has 0 atom stereocenters. The largest absolute Gasteiger partial charge is 0.283 e. The lowest BCUT2D eigenvalue weighted by Crippen LogP contribution is -1.98. The summed E-state index contributed by atoms with van der Waals surface area (Å²) in [4.78, 5) is 0. The Labute approximate surface area is 42.5 Å². The van der Waals surface area contributed by atoms with Crippen LogP contribution in [0.3, 0.4) is 0 Å². The van der Waals surface area contributed by atoms with Crippen LogP contribution in [0.25, 0.3) is 0 Å². The van der Waals surface area contributed by atoms with E-state index in [1.165, 1.54) is 5.01 Å². The molecule has 0 fully saturated rings. The lowest BCUT2D eigenvalue weighted by molar-refractivity contribution is 0.401. The maximum atomic E-state index is 3.47. The highest BCUT2D eigenvalue weighted by Crippen LogP contribution is 1.76. The zero-order valence-corrected chi connectivity index (χ0v) is 4.50. The Morgan fingerprint density at radius 2 is 2.00 bits per heavy atom. The first kappa shape index (κ1) is 6.07. The summed E-state index contributed by atoms with van der Waals surface area (Å²) in [6.07, 6.45) is 0. The van der Waals surface area contributed by atoms with Gasteiger partial charge in [-0.1, -0.05) is 5.22 Å². The van der Waals surface area contributed by atoms with Crippen molar-refractivity contribution < 1.29 is 0 Å². The van der Waals surface area contributed by atoms with Crippen LogP contribution in [0.1, 0.15) is 0 Å². The van der Waals surface area contributed by atoms with E-state index >= 15 is 0 Å². The van der Waals surface area contributed by atoms with Crippen LogP contribution in [0.5, 0.6) is 0 Å². The SMILES string of the molecule is C=N/N=N\N(C)C. The van der Waals surface area contributed by atoms with Crippen LogP contribution in [0.15, 0.2) is 15.5 Å². The zero-order valence-electron chi connectivity index (χ0n) is 4.50. The summed E-state index contributed by atoms with van der Waals surface area (Å²) in [6, 6.07) is 0. The van der Waals surface area contributed by atoms with Crippen molar-refractivity contribution in [3.63, 3.8) is 0 Å². The fraction of sp³-hybridized carbons (Fsp3) is 0.667. The van der Waals surface area contributed by atoms with Crippen molar-refractivity contribution in [1.82, 2.24) is 5.01 Å². The molecule has 0 aliphatic heterocycles. The van der Waals surface area contributed by atoms with E-state index in [0.29, 0.717) is 0 Å². The smallest absolute Gasteiger partial charge is 0.0262 e.